The molecule has 1 heterocycles. The number of rotatable bonds is 2. The van der Waals surface area contributed by atoms with Crippen LogP contribution in [0.5, 0.6) is 0 Å². The molecule has 3 heteroatoms. The molecule has 3 nitrogen and oxygen atoms in total. The average Bonchev–Trinajstić information content (AvgIpc) is 2.17. The van der Waals surface area contributed by atoms with Gasteiger partial charge in [0.2, 0.25) is 0 Å². The Morgan fingerprint density at radius 3 is 2.75 bits per heavy atom. The lowest BCUT2D eigenvalue weighted by Gasteiger charge is -2.06. The van der Waals surface area contributed by atoms with Crippen LogP contribution in [0.2, 0.25) is 0 Å². The van der Waals surface area contributed by atoms with Crippen molar-refractivity contribution in [2.45, 2.75) is 6.04 Å². The number of nitrogens with zero attached hydrogens (tertiary/aromatic N) is 1. The molecular weight excluding hydrogens is 150 g/mol. The topological polar surface area (TPSA) is 64.9 Å². The summed E-state index contributed by atoms with van der Waals surface area (Å²) in [4.78, 5) is 4.07. The summed E-state index contributed by atoms with van der Waals surface area (Å²) in [5, 5.41) is 0. The Balaban J connectivity index is 2.86. The Morgan fingerprint density at radius 1 is 1.58 bits per heavy atom. The molecule has 1 rings (SSSR count). The monoisotopic (exact) mass is 161 g/mol. The van der Waals surface area contributed by atoms with Gasteiger partial charge < -0.3 is 11.5 Å². The maximum Gasteiger partial charge on any atom is 0.0594 e. The minimum Gasteiger partial charge on any atom is -0.329 e. The second-order valence-corrected chi connectivity index (χ2v) is 2.46. The first kappa shape index (κ1) is 8.72. The van der Waals surface area contributed by atoms with Crippen molar-refractivity contribution in [3.8, 4) is 12.3 Å². The first-order valence-corrected chi connectivity index (χ1v) is 3.66. The number of terminal acetylenes is 1. The van der Waals surface area contributed by atoms with Gasteiger partial charge in [0.15, 0.2) is 0 Å². The summed E-state index contributed by atoms with van der Waals surface area (Å²) in [6, 6.07) is 3.40. The molecule has 0 saturated carbocycles. The summed E-state index contributed by atoms with van der Waals surface area (Å²) in [5.74, 6) is 2.48. The number of hydrogen-bond acceptors (Lipinski definition) is 3. The van der Waals surface area contributed by atoms with E-state index in [9.17, 15) is 0 Å². The molecule has 1 aromatic heterocycles. The van der Waals surface area contributed by atoms with E-state index in [1.54, 1.807) is 18.3 Å². The van der Waals surface area contributed by atoms with Crippen LogP contribution >= 0.6 is 0 Å². The predicted octanol–water partition coefficient (Wildman–Crippen LogP) is 0.0214. The molecular formula is C9H11N3. The summed E-state index contributed by atoms with van der Waals surface area (Å²) in [7, 11) is 0. The van der Waals surface area contributed by atoms with E-state index in [0.29, 0.717) is 6.54 Å². The van der Waals surface area contributed by atoms with Crippen LogP contribution < -0.4 is 11.5 Å². The van der Waals surface area contributed by atoms with Crippen LogP contribution in [-0.4, -0.2) is 11.5 Å². The van der Waals surface area contributed by atoms with Gasteiger partial charge in [-0.3, -0.25) is 4.98 Å². The van der Waals surface area contributed by atoms with Gasteiger partial charge in [0, 0.05) is 18.3 Å². The van der Waals surface area contributed by atoms with E-state index in [2.05, 4.69) is 10.9 Å². The number of pyridine rings is 1. The van der Waals surface area contributed by atoms with Crippen LogP contribution in [-0.2, 0) is 0 Å². The lowest BCUT2D eigenvalue weighted by atomic mass is 10.2. The van der Waals surface area contributed by atoms with Crippen molar-refractivity contribution in [2.75, 3.05) is 6.54 Å². The molecule has 0 aromatic carbocycles. The maximum absolute atomic E-state index is 5.65. The van der Waals surface area contributed by atoms with Crippen LogP contribution in [0.25, 0.3) is 0 Å². The molecule has 62 valence electrons. The summed E-state index contributed by atoms with van der Waals surface area (Å²) in [6.45, 7) is 0.391. The molecule has 0 radical (unpaired) electrons. The third kappa shape index (κ3) is 1.82. The summed E-state index contributed by atoms with van der Waals surface area (Å²) >= 11 is 0. The zero-order chi connectivity index (χ0) is 8.97. The van der Waals surface area contributed by atoms with E-state index in [1.807, 2.05) is 0 Å². The number of aromatic nitrogens is 1. The van der Waals surface area contributed by atoms with Gasteiger partial charge in [-0.05, 0) is 12.1 Å². The van der Waals surface area contributed by atoms with Gasteiger partial charge in [0.05, 0.1) is 11.7 Å². The summed E-state index contributed by atoms with van der Waals surface area (Å²) in [5.41, 5.74) is 12.5. The molecule has 0 amide bonds. The zero-order valence-corrected chi connectivity index (χ0v) is 6.70. The number of hydrogen-bond donors (Lipinski definition) is 2. The van der Waals surface area contributed by atoms with E-state index >= 15 is 0 Å². The van der Waals surface area contributed by atoms with Crippen LogP contribution in [0, 0.1) is 12.3 Å². The highest BCUT2D eigenvalue weighted by Crippen LogP contribution is 2.05. The largest absolute Gasteiger partial charge is 0.329 e. The average molecular weight is 161 g/mol. The lowest BCUT2D eigenvalue weighted by molar-refractivity contribution is 0.711. The fourth-order valence-electron chi connectivity index (χ4n) is 0.831. The van der Waals surface area contributed by atoms with Crippen LogP contribution in [0.15, 0.2) is 18.3 Å². The first-order chi connectivity index (χ1) is 5.77. The minimum atomic E-state index is -0.197. The van der Waals surface area contributed by atoms with E-state index < -0.39 is 0 Å². The van der Waals surface area contributed by atoms with Gasteiger partial charge in [-0.15, -0.1) is 6.42 Å². The van der Waals surface area contributed by atoms with E-state index in [1.165, 1.54) is 0 Å². The number of nitrogens with two attached hydrogens (primary N) is 2. The van der Waals surface area contributed by atoms with Crippen molar-refractivity contribution in [3.05, 3.63) is 29.6 Å². The van der Waals surface area contributed by atoms with Crippen molar-refractivity contribution in [3.63, 3.8) is 0 Å². The van der Waals surface area contributed by atoms with Gasteiger partial charge in [-0.2, -0.15) is 0 Å². The molecule has 0 fully saturated rings. The third-order valence-corrected chi connectivity index (χ3v) is 1.59. The Bertz CT molecular complexity index is 284. The maximum atomic E-state index is 5.65. The van der Waals surface area contributed by atoms with E-state index in [0.717, 1.165) is 11.3 Å². The molecule has 0 aliphatic rings. The Morgan fingerprint density at radius 2 is 2.33 bits per heavy atom. The van der Waals surface area contributed by atoms with Crippen LogP contribution in [0.1, 0.15) is 17.3 Å². The SMILES string of the molecule is C#Cc1ccc([C@H](N)CN)nc1. The predicted molar refractivity (Wildman–Crippen MR) is 48.2 cm³/mol. The molecule has 0 bridgehead atoms. The normalized spacial score (nSPS) is 12.1. The van der Waals surface area contributed by atoms with Crippen molar-refractivity contribution >= 4 is 0 Å². The second kappa shape index (κ2) is 3.86. The molecule has 12 heavy (non-hydrogen) atoms. The molecule has 0 spiro atoms. The van der Waals surface area contributed by atoms with Gasteiger partial charge in [-0.1, -0.05) is 5.92 Å². The summed E-state index contributed by atoms with van der Waals surface area (Å²) < 4.78 is 0. The standard InChI is InChI=1S/C9H11N3/c1-2-7-3-4-9(12-6-7)8(11)5-10/h1,3-4,6,8H,5,10-11H2/t8-/m1/s1. The second-order valence-electron chi connectivity index (χ2n) is 2.46. The molecule has 0 aliphatic heterocycles. The Labute approximate surface area is 71.8 Å². The Kier molecular flexibility index (Phi) is 2.81. The summed E-state index contributed by atoms with van der Waals surface area (Å²) in [6.07, 6.45) is 6.78. The van der Waals surface area contributed by atoms with Crippen LogP contribution in [0.4, 0.5) is 0 Å². The molecule has 0 unspecified atom stereocenters. The lowest BCUT2D eigenvalue weighted by Crippen LogP contribution is -2.21. The molecule has 1 atom stereocenters. The van der Waals surface area contributed by atoms with E-state index in [4.69, 9.17) is 17.9 Å². The highest BCUT2D eigenvalue weighted by Gasteiger charge is 2.03. The molecule has 0 saturated heterocycles. The van der Waals surface area contributed by atoms with Gasteiger partial charge >= 0.3 is 0 Å². The highest BCUT2D eigenvalue weighted by molar-refractivity contribution is 5.30. The van der Waals surface area contributed by atoms with Gasteiger partial charge in [-0.25, -0.2) is 0 Å². The van der Waals surface area contributed by atoms with Gasteiger partial charge in [0.1, 0.15) is 0 Å². The highest BCUT2D eigenvalue weighted by atomic mass is 14.8. The Hall–Kier alpha value is -1.37. The smallest absolute Gasteiger partial charge is 0.0594 e. The molecule has 0 aliphatic carbocycles. The van der Waals surface area contributed by atoms with Crippen molar-refractivity contribution in [2.24, 2.45) is 11.5 Å². The van der Waals surface area contributed by atoms with Gasteiger partial charge in [0.25, 0.3) is 0 Å². The fourth-order valence-corrected chi connectivity index (χ4v) is 0.831. The van der Waals surface area contributed by atoms with Crippen molar-refractivity contribution in [1.82, 2.24) is 4.98 Å². The molecule has 4 N–H and O–H groups in total. The van der Waals surface area contributed by atoms with Crippen molar-refractivity contribution in [1.29, 1.82) is 0 Å². The van der Waals surface area contributed by atoms with Crippen LogP contribution in [0.3, 0.4) is 0 Å². The quantitative estimate of drug-likeness (QED) is 0.601. The van der Waals surface area contributed by atoms with Crippen molar-refractivity contribution < 1.29 is 0 Å². The minimum absolute atomic E-state index is 0.197. The molecule has 1 aromatic rings. The fraction of sp³-hybridized carbons (Fsp3) is 0.222. The first-order valence-electron chi connectivity index (χ1n) is 3.66. The zero-order valence-electron chi connectivity index (χ0n) is 6.70. The van der Waals surface area contributed by atoms with E-state index in [-0.39, 0.29) is 6.04 Å². The third-order valence-electron chi connectivity index (χ3n) is 1.59.